The van der Waals surface area contributed by atoms with Crippen molar-refractivity contribution >= 4 is 17.5 Å². The third kappa shape index (κ3) is 4.45. The van der Waals surface area contributed by atoms with Crippen LogP contribution in [0, 0.1) is 10.1 Å². The van der Waals surface area contributed by atoms with E-state index in [1.54, 1.807) is 4.90 Å². The fraction of sp³-hybridized carbons (Fsp3) is 0.227. The lowest BCUT2D eigenvalue weighted by Crippen LogP contribution is -2.37. The van der Waals surface area contributed by atoms with E-state index < -0.39 is 4.92 Å². The monoisotopic (exact) mass is 419 g/mol. The third-order valence-electron chi connectivity index (χ3n) is 5.30. The van der Waals surface area contributed by atoms with Crippen molar-refractivity contribution in [1.29, 1.82) is 0 Å². The molecule has 0 spiro atoms. The van der Waals surface area contributed by atoms with Gasteiger partial charge in [-0.05, 0) is 24.1 Å². The van der Waals surface area contributed by atoms with E-state index in [2.05, 4.69) is 15.5 Å². The third-order valence-corrected chi connectivity index (χ3v) is 5.30. The zero-order chi connectivity index (χ0) is 21.8. The predicted molar refractivity (Wildman–Crippen MR) is 113 cm³/mol. The smallest absolute Gasteiger partial charge is 0.272 e. The second kappa shape index (κ2) is 8.78. The van der Waals surface area contributed by atoms with Gasteiger partial charge in [-0.15, -0.1) is 0 Å². The van der Waals surface area contributed by atoms with Gasteiger partial charge in [-0.25, -0.2) is 0 Å². The van der Waals surface area contributed by atoms with Gasteiger partial charge in [0.15, 0.2) is 5.69 Å². The maximum Gasteiger partial charge on any atom is 0.272 e. The van der Waals surface area contributed by atoms with Crippen LogP contribution in [0.1, 0.15) is 37.7 Å². The van der Waals surface area contributed by atoms with Gasteiger partial charge in [0.25, 0.3) is 17.5 Å². The van der Waals surface area contributed by atoms with E-state index in [9.17, 15) is 19.7 Å². The van der Waals surface area contributed by atoms with Crippen LogP contribution in [0.5, 0.6) is 0 Å². The lowest BCUT2D eigenvalue weighted by molar-refractivity contribution is -0.384. The Labute approximate surface area is 178 Å². The van der Waals surface area contributed by atoms with Crippen LogP contribution in [0.2, 0.25) is 0 Å². The molecule has 3 aromatic rings. The minimum Gasteiger partial charge on any atom is -0.350 e. The Morgan fingerprint density at radius 2 is 1.87 bits per heavy atom. The molecule has 1 aromatic heterocycles. The van der Waals surface area contributed by atoms with Crippen molar-refractivity contribution in [3.63, 3.8) is 0 Å². The number of aromatic amines is 1. The Kier molecular flexibility index (Phi) is 5.74. The fourth-order valence-electron chi connectivity index (χ4n) is 3.61. The molecule has 2 amide bonds. The van der Waals surface area contributed by atoms with E-state index in [0.717, 1.165) is 11.3 Å². The van der Waals surface area contributed by atoms with Gasteiger partial charge in [0.1, 0.15) is 0 Å². The van der Waals surface area contributed by atoms with Crippen molar-refractivity contribution in [3.8, 4) is 0 Å². The average molecular weight is 419 g/mol. The summed E-state index contributed by atoms with van der Waals surface area (Å²) in [5.41, 5.74) is 3.28. The first-order valence-electron chi connectivity index (χ1n) is 9.95. The quantitative estimate of drug-likeness (QED) is 0.470. The zero-order valence-corrected chi connectivity index (χ0v) is 16.7. The Morgan fingerprint density at radius 1 is 1.13 bits per heavy atom. The molecule has 0 atom stereocenters. The van der Waals surface area contributed by atoms with E-state index >= 15 is 0 Å². The second-order valence-electron chi connectivity index (χ2n) is 7.30. The van der Waals surface area contributed by atoms with E-state index in [0.29, 0.717) is 42.8 Å². The van der Waals surface area contributed by atoms with Crippen molar-refractivity contribution < 1.29 is 14.5 Å². The van der Waals surface area contributed by atoms with E-state index in [-0.39, 0.29) is 24.0 Å². The predicted octanol–water partition coefficient (Wildman–Crippen LogP) is 2.49. The summed E-state index contributed by atoms with van der Waals surface area (Å²) in [5.74, 6) is -0.518. The Bertz CT molecular complexity index is 1110. The standard InChI is InChI=1S/C22H21N5O4/c28-21(23-12-10-15-4-2-1-3-5-15)20-18-14-26(13-11-19(18)24-25-20)22(29)16-6-8-17(9-7-16)27(30)31/h1-9H,10-14H2,(H,23,28)(H,24,25). The normalized spacial score (nSPS) is 12.8. The average Bonchev–Trinajstić information content (AvgIpc) is 3.22. The number of nitro benzene ring substituents is 1. The molecule has 31 heavy (non-hydrogen) atoms. The highest BCUT2D eigenvalue weighted by Crippen LogP contribution is 2.23. The molecule has 2 aromatic carbocycles. The maximum absolute atomic E-state index is 12.8. The summed E-state index contributed by atoms with van der Waals surface area (Å²) in [5, 5.41) is 20.8. The number of benzene rings is 2. The first-order valence-corrected chi connectivity index (χ1v) is 9.95. The Balaban J connectivity index is 1.41. The molecular weight excluding hydrogens is 398 g/mol. The van der Waals surface area contributed by atoms with Crippen LogP contribution in [0.3, 0.4) is 0 Å². The minimum atomic E-state index is -0.504. The van der Waals surface area contributed by atoms with Crippen LogP contribution in [0.15, 0.2) is 54.6 Å². The van der Waals surface area contributed by atoms with Crippen molar-refractivity contribution in [2.45, 2.75) is 19.4 Å². The number of carbonyl (C=O) groups excluding carboxylic acids is 2. The van der Waals surface area contributed by atoms with Gasteiger partial charge in [-0.2, -0.15) is 5.10 Å². The van der Waals surface area contributed by atoms with Gasteiger partial charge in [-0.3, -0.25) is 24.8 Å². The van der Waals surface area contributed by atoms with Crippen LogP contribution in [0.4, 0.5) is 5.69 Å². The number of H-pyrrole nitrogens is 1. The highest BCUT2D eigenvalue weighted by atomic mass is 16.6. The molecule has 0 saturated heterocycles. The molecule has 0 saturated carbocycles. The topological polar surface area (TPSA) is 121 Å². The summed E-state index contributed by atoms with van der Waals surface area (Å²) in [6.07, 6.45) is 1.27. The molecule has 158 valence electrons. The summed E-state index contributed by atoms with van der Waals surface area (Å²) in [6.45, 7) is 1.21. The highest BCUT2D eigenvalue weighted by Gasteiger charge is 2.28. The molecule has 0 radical (unpaired) electrons. The van der Waals surface area contributed by atoms with Gasteiger partial charge in [-0.1, -0.05) is 30.3 Å². The number of amides is 2. The SMILES string of the molecule is O=C(NCCc1ccccc1)c1n[nH]c2c1CN(C(=O)c1ccc([N+](=O)[O-])cc1)CC2. The number of hydrogen-bond donors (Lipinski definition) is 2. The molecule has 9 nitrogen and oxygen atoms in total. The number of fused-ring (bicyclic) bond motifs is 1. The number of aromatic nitrogens is 2. The lowest BCUT2D eigenvalue weighted by Gasteiger charge is -2.27. The van der Waals surface area contributed by atoms with Gasteiger partial charge in [0.2, 0.25) is 0 Å². The molecule has 0 unspecified atom stereocenters. The summed E-state index contributed by atoms with van der Waals surface area (Å²) in [4.78, 5) is 37.4. The van der Waals surface area contributed by atoms with Crippen LogP contribution in [0.25, 0.3) is 0 Å². The second-order valence-corrected chi connectivity index (χ2v) is 7.30. The molecule has 9 heteroatoms. The highest BCUT2D eigenvalue weighted by molar-refractivity contribution is 5.96. The molecule has 1 aliphatic rings. The Hall–Kier alpha value is -4.01. The summed E-state index contributed by atoms with van der Waals surface area (Å²) in [7, 11) is 0. The number of rotatable bonds is 6. The molecule has 0 fully saturated rings. The van der Waals surface area contributed by atoms with Gasteiger partial charge < -0.3 is 10.2 Å². The number of carbonyl (C=O) groups is 2. The van der Waals surface area contributed by atoms with Crippen LogP contribution >= 0.6 is 0 Å². The van der Waals surface area contributed by atoms with Crippen LogP contribution in [-0.4, -0.2) is 44.9 Å². The largest absolute Gasteiger partial charge is 0.350 e. The minimum absolute atomic E-state index is 0.0678. The molecule has 0 bridgehead atoms. The number of nitrogens with zero attached hydrogens (tertiary/aromatic N) is 3. The number of nitro groups is 1. The van der Waals surface area contributed by atoms with Crippen LogP contribution < -0.4 is 5.32 Å². The van der Waals surface area contributed by atoms with Gasteiger partial charge in [0.05, 0.1) is 11.5 Å². The summed E-state index contributed by atoms with van der Waals surface area (Å²) >= 11 is 0. The molecule has 1 aliphatic heterocycles. The molecule has 4 rings (SSSR count). The maximum atomic E-state index is 12.8. The number of non-ortho nitro benzene ring substituents is 1. The van der Waals surface area contributed by atoms with Crippen molar-refractivity contribution in [2.75, 3.05) is 13.1 Å². The molecule has 2 heterocycles. The van der Waals surface area contributed by atoms with E-state index in [4.69, 9.17) is 0 Å². The number of nitrogens with one attached hydrogen (secondary N) is 2. The zero-order valence-electron chi connectivity index (χ0n) is 16.7. The van der Waals surface area contributed by atoms with Gasteiger partial charge in [0, 0.05) is 48.5 Å². The fourth-order valence-corrected chi connectivity index (χ4v) is 3.61. The molecule has 0 aliphatic carbocycles. The molecular formula is C22H21N5O4. The summed E-state index contributed by atoms with van der Waals surface area (Å²) in [6, 6.07) is 15.4. The van der Waals surface area contributed by atoms with Crippen LogP contribution in [-0.2, 0) is 19.4 Å². The van der Waals surface area contributed by atoms with E-state index in [1.165, 1.54) is 24.3 Å². The number of hydrogen-bond acceptors (Lipinski definition) is 5. The van der Waals surface area contributed by atoms with Gasteiger partial charge >= 0.3 is 0 Å². The summed E-state index contributed by atoms with van der Waals surface area (Å²) < 4.78 is 0. The van der Waals surface area contributed by atoms with E-state index in [1.807, 2.05) is 30.3 Å². The first-order chi connectivity index (χ1) is 15.0. The molecule has 2 N–H and O–H groups in total. The first kappa shape index (κ1) is 20.3. The van der Waals surface area contributed by atoms with Crippen molar-refractivity contribution in [2.24, 2.45) is 0 Å². The Morgan fingerprint density at radius 3 is 2.58 bits per heavy atom. The van der Waals surface area contributed by atoms with Crippen molar-refractivity contribution in [3.05, 3.63) is 92.8 Å². The lowest BCUT2D eigenvalue weighted by atomic mass is 10.0. The van der Waals surface area contributed by atoms with Crippen molar-refractivity contribution in [1.82, 2.24) is 20.4 Å².